The summed E-state index contributed by atoms with van der Waals surface area (Å²) in [5.41, 5.74) is 2.71. The molecular weight excluding hydrogens is 616 g/mol. The predicted octanol–water partition coefficient (Wildman–Crippen LogP) is 6.42. The number of aromatic carboxylic acids is 1. The lowest BCUT2D eigenvalue weighted by Crippen LogP contribution is -2.32. The number of imidazole rings is 2. The molecule has 1 aliphatic carbocycles. The van der Waals surface area contributed by atoms with Gasteiger partial charge in [0.15, 0.2) is 17.3 Å². The van der Waals surface area contributed by atoms with Gasteiger partial charge in [0.2, 0.25) is 0 Å². The first-order chi connectivity index (χ1) is 22.1. The Balaban J connectivity index is 1.04. The van der Waals surface area contributed by atoms with Gasteiger partial charge in [-0.2, -0.15) is 0 Å². The molecule has 5 aromatic rings. The molecule has 4 heterocycles. The maximum atomic E-state index is 15.1. The van der Waals surface area contributed by atoms with Crippen molar-refractivity contribution in [1.29, 1.82) is 0 Å². The number of carboxylic acids is 1. The Labute approximate surface area is 268 Å². The highest BCUT2D eigenvalue weighted by Gasteiger charge is 2.58. The third-order valence-electron chi connectivity index (χ3n) is 9.62. The monoisotopic (exact) mass is 645 g/mol. The number of rotatable bonds is 8. The van der Waals surface area contributed by atoms with Gasteiger partial charge >= 0.3 is 5.97 Å². The van der Waals surface area contributed by atoms with Crippen LogP contribution in [0.4, 0.5) is 8.78 Å². The van der Waals surface area contributed by atoms with E-state index in [9.17, 15) is 14.3 Å². The van der Waals surface area contributed by atoms with Gasteiger partial charge in [0.05, 0.1) is 41.8 Å². The Morgan fingerprint density at radius 1 is 1.09 bits per heavy atom. The van der Waals surface area contributed by atoms with Crippen molar-refractivity contribution in [2.75, 3.05) is 13.1 Å². The number of fused-ring (bicyclic) bond motifs is 3. The van der Waals surface area contributed by atoms with Gasteiger partial charge in [-0.3, -0.25) is 4.90 Å². The van der Waals surface area contributed by atoms with Crippen LogP contribution in [0.3, 0.4) is 0 Å². The Bertz CT molecular complexity index is 2030. The van der Waals surface area contributed by atoms with Crippen LogP contribution >= 0.6 is 11.6 Å². The summed E-state index contributed by atoms with van der Waals surface area (Å²) in [6.45, 7) is 6.92. The van der Waals surface area contributed by atoms with Gasteiger partial charge in [-0.1, -0.05) is 23.7 Å². The van der Waals surface area contributed by atoms with Gasteiger partial charge in [-0.25, -0.2) is 23.5 Å². The highest BCUT2D eigenvalue weighted by Crippen LogP contribution is 2.62. The standard InChI is InChI=1S/C34H30ClF2N5O4/c1-3-41-17-38-12-20(41)13-42-27-10-18(33(43)44)9-26(37)31(27)39-29(42)16-40-14-22-23(15-40)30(22)21-5-4-6-28-32(21)46-34(2,45-28)24-8-7-19(35)11-25(24)36/h4-12,17,22-23,30H,3,13-16H2,1-2H3,(H,43,44)/t22-,23+,30?,34-/m1/s1. The van der Waals surface area contributed by atoms with Crippen LogP contribution in [-0.2, 0) is 25.4 Å². The smallest absolute Gasteiger partial charge is 0.335 e. The van der Waals surface area contributed by atoms with Crippen molar-refractivity contribution >= 4 is 28.6 Å². The first-order valence-electron chi connectivity index (χ1n) is 15.2. The first-order valence-corrected chi connectivity index (χ1v) is 15.6. The topological polar surface area (TPSA) is 94.6 Å². The Morgan fingerprint density at radius 3 is 2.63 bits per heavy atom. The lowest BCUT2D eigenvalue weighted by molar-refractivity contribution is -0.0710. The van der Waals surface area contributed by atoms with Crippen molar-refractivity contribution in [3.8, 4) is 11.5 Å². The lowest BCUT2D eigenvalue weighted by atomic mass is 10.0. The number of hydrogen-bond donors (Lipinski definition) is 1. The number of piperidine rings is 1. The molecule has 8 rings (SSSR count). The molecule has 0 bridgehead atoms. The summed E-state index contributed by atoms with van der Waals surface area (Å²) < 4.78 is 46.4. The lowest BCUT2D eigenvalue weighted by Gasteiger charge is -2.24. The third-order valence-corrected chi connectivity index (χ3v) is 9.85. The molecule has 0 spiro atoms. The number of halogens is 3. The molecule has 3 aliphatic rings. The van der Waals surface area contributed by atoms with Crippen LogP contribution in [0.5, 0.6) is 11.5 Å². The number of benzene rings is 3. The summed E-state index contributed by atoms with van der Waals surface area (Å²) in [4.78, 5) is 23.0. The second-order valence-corrected chi connectivity index (χ2v) is 12.8. The number of aryl methyl sites for hydroxylation is 1. The summed E-state index contributed by atoms with van der Waals surface area (Å²) in [5.74, 6) is -0.750. The fourth-order valence-corrected chi connectivity index (χ4v) is 7.52. The molecule has 1 saturated heterocycles. The number of para-hydroxylation sites is 1. The molecule has 0 amide bonds. The molecular formula is C34H30ClF2N5O4. The fraction of sp³-hybridized carbons (Fsp3) is 0.324. The normalized spacial score (nSPS) is 23.3. The van der Waals surface area contributed by atoms with E-state index in [4.69, 9.17) is 21.1 Å². The summed E-state index contributed by atoms with van der Waals surface area (Å²) >= 11 is 5.98. The van der Waals surface area contributed by atoms with Gasteiger partial charge in [0.25, 0.3) is 5.79 Å². The number of likely N-dealkylation sites (tertiary alicyclic amines) is 1. The predicted molar refractivity (Wildman–Crippen MR) is 165 cm³/mol. The summed E-state index contributed by atoms with van der Waals surface area (Å²) in [6.07, 6.45) is 3.51. The van der Waals surface area contributed by atoms with Crippen molar-refractivity contribution in [3.63, 3.8) is 0 Å². The van der Waals surface area contributed by atoms with Crippen molar-refractivity contribution in [2.24, 2.45) is 11.8 Å². The van der Waals surface area contributed by atoms with Gasteiger partial charge < -0.3 is 23.7 Å². The van der Waals surface area contributed by atoms with E-state index in [0.29, 0.717) is 59.3 Å². The molecule has 4 atom stereocenters. The van der Waals surface area contributed by atoms with Gasteiger partial charge in [0, 0.05) is 43.3 Å². The molecule has 2 fully saturated rings. The minimum absolute atomic E-state index is 0.122. The average Bonchev–Trinajstić information content (AvgIpc) is 3.50. The van der Waals surface area contributed by atoms with Crippen LogP contribution in [0, 0.1) is 23.5 Å². The van der Waals surface area contributed by atoms with E-state index in [1.165, 1.54) is 12.1 Å². The molecule has 0 radical (unpaired) electrons. The van der Waals surface area contributed by atoms with Crippen molar-refractivity contribution in [3.05, 3.63) is 106 Å². The van der Waals surface area contributed by atoms with E-state index < -0.39 is 23.4 Å². The molecule has 1 saturated carbocycles. The van der Waals surface area contributed by atoms with Crippen LogP contribution in [0.25, 0.3) is 11.0 Å². The van der Waals surface area contributed by atoms with Gasteiger partial charge in [-0.05, 0) is 61.1 Å². The number of carbonyl (C=O) groups is 1. The summed E-state index contributed by atoms with van der Waals surface area (Å²) in [6, 6.07) is 12.8. The van der Waals surface area contributed by atoms with Gasteiger partial charge in [-0.15, -0.1) is 0 Å². The quantitative estimate of drug-likeness (QED) is 0.208. The van der Waals surface area contributed by atoms with Crippen LogP contribution in [0.1, 0.15) is 52.8 Å². The Kier molecular flexibility index (Phi) is 6.63. The van der Waals surface area contributed by atoms with Crippen LogP contribution < -0.4 is 9.47 Å². The van der Waals surface area contributed by atoms with E-state index in [-0.39, 0.29) is 22.6 Å². The summed E-state index contributed by atoms with van der Waals surface area (Å²) in [7, 11) is 0. The molecule has 2 aliphatic heterocycles. The first kappa shape index (κ1) is 29.0. The SMILES string of the molecule is CCn1cncc1Cn1c(CN2C[C@@H]3C(c4cccc5c4O[C@](C)(c4ccc(Cl)cc4F)O5)[C@@H]3C2)nc2c(F)cc(C(=O)O)cc21. The maximum Gasteiger partial charge on any atom is 0.335 e. The minimum atomic E-state index is -1.31. The zero-order chi connectivity index (χ0) is 31.9. The maximum absolute atomic E-state index is 15.1. The zero-order valence-corrected chi connectivity index (χ0v) is 25.8. The van der Waals surface area contributed by atoms with E-state index in [1.807, 2.05) is 28.2 Å². The zero-order valence-electron chi connectivity index (χ0n) is 25.1. The molecule has 9 nitrogen and oxygen atoms in total. The third kappa shape index (κ3) is 4.63. The number of carboxylic acid groups (broad SMARTS) is 1. The molecule has 1 N–H and O–H groups in total. The molecule has 236 valence electrons. The number of ether oxygens (including phenoxy) is 2. The number of hydrogen-bond acceptors (Lipinski definition) is 6. The molecule has 46 heavy (non-hydrogen) atoms. The number of nitrogens with zero attached hydrogens (tertiary/aromatic N) is 5. The van der Waals surface area contributed by atoms with Crippen molar-refractivity contribution in [2.45, 2.75) is 45.2 Å². The van der Waals surface area contributed by atoms with Crippen LogP contribution in [-0.4, -0.2) is 48.2 Å². The van der Waals surface area contributed by atoms with E-state index in [1.54, 1.807) is 31.6 Å². The minimum Gasteiger partial charge on any atom is -0.478 e. The fourth-order valence-electron chi connectivity index (χ4n) is 7.36. The Morgan fingerprint density at radius 2 is 1.89 bits per heavy atom. The van der Waals surface area contributed by atoms with Crippen molar-refractivity contribution < 1.29 is 28.2 Å². The van der Waals surface area contributed by atoms with Crippen molar-refractivity contribution in [1.82, 2.24) is 24.0 Å². The van der Waals surface area contributed by atoms with Crippen LogP contribution in [0.15, 0.2) is 61.1 Å². The second-order valence-electron chi connectivity index (χ2n) is 12.4. The molecule has 12 heteroatoms. The molecule has 2 aromatic heterocycles. The van der Waals surface area contributed by atoms with E-state index >= 15 is 4.39 Å². The summed E-state index contributed by atoms with van der Waals surface area (Å²) in [5, 5.41) is 9.90. The average molecular weight is 646 g/mol. The van der Waals surface area contributed by atoms with Gasteiger partial charge in [0.1, 0.15) is 17.2 Å². The van der Waals surface area contributed by atoms with E-state index in [2.05, 4.69) is 20.9 Å². The molecule has 3 aromatic carbocycles. The highest BCUT2D eigenvalue weighted by atomic mass is 35.5. The Hall–Kier alpha value is -4.48. The number of aromatic nitrogens is 4. The van der Waals surface area contributed by atoms with E-state index in [0.717, 1.165) is 30.4 Å². The second kappa shape index (κ2) is 10.5. The molecule has 1 unspecified atom stereocenters. The largest absolute Gasteiger partial charge is 0.478 e. The van der Waals surface area contributed by atoms with Crippen LogP contribution in [0.2, 0.25) is 5.02 Å². The highest BCUT2D eigenvalue weighted by molar-refractivity contribution is 6.30.